The molecule has 1 heterocycles. The lowest BCUT2D eigenvalue weighted by Gasteiger charge is -2.16. The summed E-state index contributed by atoms with van der Waals surface area (Å²) in [6.45, 7) is 3.83. The van der Waals surface area contributed by atoms with E-state index in [2.05, 4.69) is 20.6 Å². The standard InChI is InChI=1S/C21H21F3N4O2/c1-13(2)30-15-10-8-14(9-11-15)26-20-25-12-16(21(22,23)24)19(28-20)27-17-6-4-5-7-18(17)29-3/h4-13H,1-3H3,(H2,25,26,27,28). The van der Waals surface area contributed by atoms with Crippen molar-refractivity contribution in [2.24, 2.45) is 0 Å². The van der Waals surface area contributed by atoms with E-state index in [1.807, 2.05) is 13.8 Å². The summed E-state index contributed by atoms with van der Waals surface area (Å²) in [6, 6.07) is 13.6. The molecule has 0 aliphatic heterocycles. The van der Waals surface area contributed by atoms with E-state index in [0.717, 1.165) is 6.20 Å². The minimum Gasteiger partial charge on any atom is -0.495 e. The zero-order valence-electron chi connectivity index (χ0n) is 16.6. The topological polar surface area (TPSA) is 68.3 Å². The number of nitrogens with zero attached hydrogens (tertiary/aromatic N) is 2. The molecule has 0 aliphatic rings. The third-order valence-electron chi connectivity index (χ3n) is 3.94. The van der Waals surface area contributed by atoms with E-state index in [9.17, 15) is 13.2 Å². The number of benzene rings is 2. The molecule has 0 fully saturated rings. The van der Waals surface area contributed by atoms with E-state index < -0.39 is 11.7 Å². The molecular weight excluding hydrogens is 397 g/mol. The summed E-state index contributed by atoms with van der Waals surface area (Å²) >= 11 is 0. The van der Waals surface area contributed by atoms with E-state index in [4.69, 9.17) is 9.47 Å². The van der Waals surface area contributed by atoms with Gasteiger partial charge in [-0.3, -0.25) is 0 Å². The lowest BCUT2D eigenvalue weighted by molar-refractivity contribution is -0.137. The molecule has 3 aromatic rings. The number of hydrogen-bond donors (Lipinski definition) is 2. The SMILES string of the molecule is COc1ccccc1Nc1nc(Nc2ccc(OC(C)C)cc2)ncc1C(F)(F)F. The van der Waals surface area contributed by atoms with Gasteiger partial charge in [0, 0.05) is 11.9 Å². The number of anilines is 4. The van der Waals surface area contributed by atoms with Gasteiger partial charge in [0.15, 0.2) is 0 Å². The van der Waals surface area contributed by atoms with Crippen LogP contribution in [0.25, 0.3) is 0 Å². The van der Waals surface area contributed by atoms with Crippen molar-refractivity contribution in [2.75, 3.05) is 17.7 Å². The van der Waals surface area contributed by atoms with Crippen LogP contribution in [0.15, 0.2) is 54.7 Å². The molecule has 0 spiro atoms. The maximum absolute atomic E-state index is 13.5. The number of nitrogens with one attached hydrogen (secondary N) is 2. The second kappa shape index (κ2) is 8.89. The summed E-state index contributed by atoms with van der Waals surface area (Å²) in [7, 11) is 1.44. The van der Waals surface area contributed by atoms with Gasteiger partial charge < -0.3 is 20.1 Å². The fourth-order valence-corrected chi connectivity index (χ4v) is 2.64. The molecule has 0 amide bonds. The molecule has 0 saturated carbocycles. The number of alkyl halides is 3. The highest BCUT2D eigenvalue weighted by molar-refractivity contribution is 5.67. The molecule has 0 unspecified atom stereocenters. The second-order valence-corrected chi connectivity index (χ2v) is 6.59. The Balaban J connectivity index is 1.89. The molecule has 2 N–H and O–H groups in total. The Morgan fingerprint density at radius 2 is 1.67 bits per heavy atom. The largest absolute Gasteiger partial charge is 0.495 e. The summed E-state index contributed by atoms with van der Waals surface area (Å²) in [5.41, 5.74) is -0.0286. The minimum absolute atomic E-state index is 0.0120. The Morgan fingerprint density at radius 3 is 2.30 bits per heavy atom. The number of hydrogen-bond acceptors (Lipinski definition) is 6. The first kappa shape index (κ1) is 21.2. The van der Waals surface area contributed by atoms with Crippen LogP contribution in [0.4, 0.5) is 36.3 Å². The average Bonchev–Trinajstić information content (AvgIpc) is 2.69. The van der Waals surface area contributed by atoms with Crippen LogP contribution in [0.5, 0.6) is 11.5 Å². The number of methoxy groups -OCH3 is 1. The highest BCUT2D eigenvalue weighted by atomic mass is 19.4. The van der Waals surface area contributed by atoms with Crippen molar-refractivity contribution in [1.29, 1.82) is 0 Å². The number of rotatable bonds is 7. The van der Waals surface area contributed by atoms with E-state index >= 15 is 0 Å². The van der Waals surface area contributed by atoms with Crippen molar-refractivity contribution in [3.8, 4) is 11.5 Å². The van der Waals surface area contributed by atoms with E-state index in [0.29, 0.717) is 22.9 Å². The molecule has 0 atom stereocenters. The van der Waals surface area contributed by atoms with E-state index in [1.54, 1.807) is 48.5 Å². The highest BCUT2D eigenvalue weighted by Crippen LogP contribution is 2.37. The molecule has 6 nitrogen and oxygen atoms in total. The van der Waals surface area contributed by atoms with Crippen LogP contribution >= 0.6 is 0 Å². The summed E-state index contributed by atoms with van der Waals surface area (Å²) in [6.07, 6.45) is -3.85. The van der Waals surface area contributed by atoms with Gasteiger partial charge >= 0.3 is 6.18 Å². The zero-order chi connectivity index (χ0) is 21.7. The summed E-state index contributed by atoms with van der Waals surface area (Å²) < 4.78 is 51.1. The van der Waals surface area contributed by atoms with Gasteiger partial charge in [-0.2, -0.15) is 18.2 Å². The van der Waals surface area contributed by atoms with Crippen LogP contribution < -0.4 is 20.1 Å². The van der Waals surface area contributed by atoms with Gasteiger partial charge in [0.1, 0.15) is 22.9 Å². The molecule has 0 radical (unpaired) electrons. The summed E-state index contributed by atoms with van der Waals surface area (Å²) in [5.74, 6) is 0.698. The van der Waals surface area contributed by atoms with Crippen LogP contribution in [0.3, 0.4) is 0 Å². The molecule has 9 heteroatoms. The average molecular weight is 418 g/mol. The van der Waals surface area contributed by atoms with Crippen LogP contribution in [-0.2, 0) is 6.18 Å². The zero-order valence-corrected chi connectivity index (χ0v) is 16.6. The molecule has 3 rings (SSSR count). The number of halogens is 3. The fraction of sp³-hybridized carbons (Fsp3) is 0.238. The van der Waals surface area contributed by atoms with Gasteiger partial charge in [-0.1, -0.05) is 12.1 Å². The number of aromatic nitrogens is 2. The lowest BCUT2D eigenvalue weighted by atomic mass is 10.2. The Bertz CT molecular complexity index is 992. The van der Waals surface area contributed by atoms with Gasteiger partial charge in [0.2, 0.25) is 5.95 Å². The van der Waals surface area contributed by atoms with Crippen LogP contribution in [0.1, 0.15) is 19.4 Å². The molecule has 2 aromatic carbocycles. The normalized spacial score (nSPS) is 11.3. The number of ether oxygens (including phenoxy) is 2. The van der Waals surface area contributed by atoms with Crippen molar-refractivity contribution in [1.82, 2.24) is 9.97 Å². The van der Waals surface area contributed by atoms with Gasteiger partial charge in [-0.15, -0.1) is 0 Å². The molecule has 0 aliphatic carbocycles. The van der Waals surface area contributed by atoms with Gasteiger partial charge in [-0.05, 0) is 50.2 Å². The molecular formula is C21H21F3N4O2. The predicted octanol–water partition coefficient (Wildman–Crippen LogP) is 5.78. The van der Waals surface area contributed by atoms with Crippen molar-refractivity contribution in [2.45, 2.75) is 26.1 Å². The van der Waals surface area contributed by atoms with Crippen LogP contribution in [-0.4, -0.2) is 23.2 Å². The van der Waals surface area contributed by atoms with Crippen molar-refractivity contribution < 1.29 is 22.6 Å². The monoisotopic (exact) mass is 418 g/mol. The fourth-order valence-electron chi connectivity index (χ4n) is 2.64. The first-order chi connectivity index (χ1) is 14.3. The Morgan fingerprint density at radius 1 is 0.967 bits per heavy atom. The molecule has 0 saturated heterocycles. The van der Waals surface area contributed by atoms with Gasteiger partial charge in [-0.25, -0.2) is 4.98 Å². The Hall–Kier alpha value is -3.49. The third-order valence-corrected chi connectivity index (χ3v) is 3.94. The van der Waals surface area contributed by atoms with E-state index in [1.165, 1.54) is 7.11 Å². The Labute approximate surface area is 172 Å². The maximum atomic E-state index is 13.5. The van der Waals surface area contributed by atoms with Crippen molar-refractivity contribution >= 4 is 23.1 Å². The smallest absolute Gasteiger partial charge is 0.421 e. The van der Waals surface area contributed by atoms with Crippen LogP contribution in [0.2, 0.25) is 0 Å². The first-order valence-electron chi connectivity index (χ1n) is 9.14. The first-order valence-corrected chi connectivity index (χ1v) is 9.14. The summed E-state index contributed by atoms with van der Waals surface area (Å²) in [5, 5.41) is 5.60. The van der Waals surface area contributed by atoms with E-state index in [-0.39, 0.29) is 17.9 Å². The molecule has 0 bridgehead atoms. The molecule has 158 valence electrons. The summed E-state index contributed by atoms with van der Waals surface area (Å²) in [4.78, 5) is 7.85. The van der Waals surface area contributed by atoms with Gasteiger partial charge in [0.05, 0.1) is 18.9 Å². The third kappa shape index (κ3) is 5.31. The second-order valence-electron chi connectivity index (χ2n) is 6.59. The lowest BCUT2D eigenvalue weighted by Crippen LogP contribution is -2.13. The van der Waals surface area contributed by atoms with Crippen LogP contribution in [0, 0.1) is 0 Å². The minimum atomic E-state index is -4.63. The molecule has 30 heavy (non-hydrogen) atoms. The highest BCUT2D eigenvalue weighted by Gasteiger charge is 2.35. The predicted molar refractivity (Wildman–Crippen MR) is 109 cm³/mol. The number of para-hydroxylation sites is 2. The molecule has 1 aromatic heterocycles. The quantitative estimate of drug-likeness (QED) is 0.507. The van der Waals surface area contributed by atoms with Gasteiger partial charge in [0.25, 0.3) is 0 Å². The maximum Gasteiger partial charge on any atom is 0.421 e. The van der Waals surface area contributed by atoms with Crippen molar-refractivity contribution in [3.63, 3.8) is 0 Å². The Kier molecular flexibility index (Phi) is 6.29. The van der Waals surface area contributed by atoms with Crippen molar-refractivity contribution in [3.05, 3.63) is 60.3 Å².